The molecule has 156 valence electrons. The molecule has 3 aromatic carbocycles. The largest absolute Gasteiger partial charge is 0.346 e. The van der Waals surface area contributed by atoms with Crippen molar-refractivity contribution >= 4 is 21.6 Å². The Kier molecular flexibility index (Phi) is 6.27. The molecule has 1 amide bonds. The Morgan fingerprint density at radius 2 is 1.53 bits per heavy atom. The van der Waals surface area contributed by atoms with Gasteiger partial charge in [-0.25, -0.2) is 8.42 Å². The van der Waals surface area contributed by atoms with Crippen molar-refractivity contribution in [2.75, 3.05) is 4.72 Å². The Hall–Kier alpha value is -3.12. The summed E-state index contributed by atoms with van der Waals surface area (Å²) in [6.45, 7) is 7.88. The summed E-state index contributed by atoms with van der Waals surface area (Å²) in [5.41, 5.74) is 5.08. The molecule has 2 N–H and O–H groups in total. The average Bonchev–Trinajstić information content (AvgIpc) is 2.69. The van der Waals surface area contributed by atoms with E-state index in [0.29, 0.717) is 11.3 Å². The van der Waals surface area contributed by atoms with Crippen molar-refractivity contribution in [3.8, 4) is 0 Å². The number of aryl methyl sites for hydroxylation is 3. The monoisotopic (exact) mass is 422 g/mol. The summed E-state index contributed by atoms with van der Waals surface area (Å²) in [7, 11) is -3.80. The lowest BCUT2D eigenvalue weighted by molar-refractivity contribution is 0.0939. The van der Waals surface area contributed by atoms with Gasteiger partial charge in [0, 0.05) is 11.3 Å². The molecule has 0 heterocycles. The smallest absolute Gasteiger partial charge is 0.261 e. The van der Waals surface area contributed by atoms with Crippen LogP contribution >= 0.6 is 0 Å². The minimum absolute atomic E-state index is 0.0369. The van der Waals surface area contributed by atoms with Gasteiger partial charge in [-0.1, -0.05) is 47.5 Å². The van der Waals surface area contributed by atoms with E-state index in [4.69, 9.17) is 0 Å². The van der Waals surface area contributed by atoms with E-state index in [1.807, 2.05) is 52.0 Å². The number of hydrogen-bond acceptors (Lipinski definition) is 3. The Labute approximate surface area is 178 Å². The first-order chi connectivity index (χ1) is 14.2. The van der Waals surface area contributed by atoms with Crippen LogP contribution in [0.5, 0.6) is 0 Å². The van der Waals surface area contributed by atoms with Crippen LogP contribution in [0.15, 0.2) is 71.6 Å². The van der Waals surface area contributed by atoms with Crippen LogP contribution in [0.25, 0.3) is 0 Å². The molecule has 0 saturated carbocycles. The molecular weight excluding hydrogens is 396 g/mol. The van der Waals surface area contributed by atoms with Crippen molar-refractivity contribution in [2.45, 2.75) is 38.6 Å². The number of nitrogens with one attached hydrogen (secondary N) is 2. The highest BCUT2D eigenvalue weighted by Gasteiger charge is 2.18. The van der Waals surface area contributed by atoms with Crippen LogP contribution in [-0.2, 0) is 10.0 Å². The molecule has 5 nitrogen and oxygen atoms in total. The Bertz CT molecular complexity index is 1170. The van der Waals surface area contributed by atoms with Crippen LogP contribution < -0.4 is 10.0 Å². The van der Waals surface area contributed by atoms with Crippen molar-refractivity contribution in [3.63, 3.8) is 0 Å². The van der Waals surface area contributed by atoms with Gasteiger partial charge in [-0.05, 0) is 69.2 Å². The third kappa shape index (κ3) is 5.07. The predicted molar refractivity (Wildman–Crippen MR) is 120 cm³/mol. The number of amides is 1. The van der Waals surface area contributed by atoms with Gasteiger partial charge in [0.2, 0.25) is 0 Å². The van der Waals surface area contributed by atoms with Gasteiger partial charge in [0.1, 0.15) is 0 Å². The summed E-state index contributed by atoms with van der Waals surface area (Å²) in [5, 5.41) is 2.95. The first-order valence-corrected chi connectivity index (χ1v) is 11.2. The maximum Gasteiger partial charge on any atom is 0.261 e. The van der Waals surface area contributed by atoms with Crippen LogP contribution in [0, 0.1) is 20.8 Å². The van der Waals surface area contributed by atoms with E-state index in [1.54, 1.807) is 24.3 Å². The zero-order valence-electron chi connectivity index (χ0n) is 17.6. The van der Waals surface area contributed by atoms with Crippen LogP contribution in [-0.4, -0.2) is 14.3 Å². The molecule has 0 spiro atoms. The zero-order chi connectivity index (χ0) is 21.9. The minimum atomic E-state index is -3.80. The van der Waals surface area contributed by atoms with E-state index in [1.165, 1.54) is 12.1 Å². The number of sulfonamides is 1. The second kappa shape index (κ2) is 8.71. The first-order valence-electron chi connectivity index (χ1n) is 9.73. The first kappa shape index (κ1) is 21.6. The molecule has 0 unspecified atom stereocenters. The highest BCUT2D eigenvalue weighted by Crippen LogP contribution is 2.21. The van der Waals surface area contributed by atoms with Gasteiger partial charge in [0.05, 0.1) is 10.9 Å². The molecule has 3 rings (SSSR count). The second-order valence-corrected chi connectivity index (χ2v) is 9.24. The summed E-state index contributed by atoms with van der Waals surface area (Å²) in [4.78, 5) is 12.8. The molecule has 0 aliphatic heterocycles. The van der Waals surface area contributed by atoms with Gasteiger partial charge >= 0.3 is 0 Å². The molecule has 0 aliphatic rings. The SMILES string of the molecule is Cc1ccc(NS(=O)(=O)c2cccc(C(=O)N[C@@H](C)c3ccc(C)cc3C)c2)cc1. The maximum atomic E-state index is 12.8. The number of anilines is 1. The molecular formula is C24H26N2O3S. The fourth-order valence-electron chi connectivity index (χ4n) is 3.31. The van der Waals surface area contributed by atoms with Crippen molar-refractivity contribution in [1.29, 1.82) is 0 Å². The standard InChI is InChI=1S/C24H26N2O3S/c1-16-8-11-21(12-9-16)26-30(28,29)22-7-5-6-20(15-22)24(27)25-19(4)23-13-10-17(2)14-18(23)3/h5-15,19,26H,1-4H3,(H,25,27)/t19-/m0/s1. The molecule has 0 radical (unpaired) electrons. The van der Waals surface area contributed by atoms with Crippen LogP contribution in [0.2, 0.25) is 0 Å². The minimum Gasteiger partial charge on any atom is -0.346 e. The predicted octanol–water partition coefficient (Wildman–Crippen LogP) is 4.90. The van der Waals surface area contributed by atoms with Crippen LogP contribution in [0.4, 0.5) is 5.69 Å². The third-order valence-corrected chi connectivity index (χ3v) is 6.33. The lowest BCUT2D eigenvalue weighted by Gasteiger charge is -2.17. The lowest BCUT2D eigenvalue weighted by atomic mass is 10.00. The summed E-state index contributed by atoms with van der Waals surface area (Å²) >= 11 is 0. The van der Waals surface area contributed by atoms with E-state index in [0.717, 1.165) is 22.3 Å². The molecule has 3 aromatic rings. The number of carbonyl (C=O) groups excluding carboxylic acids is 1. The van der Waals surface area contributed by atoms with Gasteiger partial charge in [0.25, 0.3) is 15.9 Å². The summed E-state index contributed by atoms with van der Waals surface area (Å²) in [6.07, 6.45) is 0. The fourth-order valence-corrected chi connectivity index (χ4v) is 4.41. The number of benzene rings is 3. The second-order valence-electron chi connectivity index (χ2n) is 7.55. The van der Waals surface area contributed by atoms with Crippen LogP contribution in [0.1, 0.15) is 45.6 Å². The lowest BCUT2D eigenvalue weighted by Crippen LogP contribution is -2.27. The van der Waals surface area contributed by atoms with E-state index in [-0.39, 0.29) is 16.8 Å². The van der Waals surface area contributed by atoms with Crippen molar-refractivity contribution in [1.82, 2.24) is 5.32 Å². The van der Waals surface area contributed by atoms with Crippen molar-refractivity contribution < 1.29 is 13.2 Å². The highest BCUT2D eigenvalue weighted by atomic mass is 32.2. The topological polar surface area (TPSA) is 75.3 Å². The molecule has 0 bridgehead atoms. The summed E-state index contributed by atoms with van der Waals surface area (Å²) in [6, 6.07) is 19.0. The number of carbonyl (C=O) groups is 1. The Morgan fingerprint density at radius 1 is 0.867 bits per heavy atom. The van der Waals surface area contributed by atoms with Gasteiger partial charge in [-0.15, -0.1) is 0 Å². The van der Waals surface area contributed by atoms with E-state index in [2.05, 4.69) is 16.1 Å². The summed E-state index contributed by atoms with van der Waals surface area (Å²) in [5.74, 6) is -0.324. The molecule has 0 saturated heterocycles. The van der Waals surface area contributed by atoms with E-state index in [9.17, 15) is 13.2 Å². The van der Waals surface area contributed by atoms with Gasteiger partial charge < -0.3 is 5.32 Å². The summed E-state index contributed by atoms with van der Waals surface area (Å²) < 4.78 is 28.0. The van der Waals surface area contributed by atoms with Crippen LogP contribution in [0.3, 0.4) is 0 Å². The van der Waals surface area contributed by atoms with Crippen molar-refractivity contribution in [2.24, 2.45) is 0 Å². The molecule has 30 heavy (non-hydrogen) atoms. The molecule has 0 fully saturated rings. The highest BCUT2D eigenvalue weighted by molar-refractivity contribution is 7.92. The van der Waals surface area contributed by atoms with Gasteiger partial charge in [-0.2, -0.15) is 0 Å². The van der Waals surface area contributed by atoms with E-state index >= 15 is 0 Å². The Balaban J connectivity index is 1.78. The average molecular weight is 423 g/mol. The number of rotatable bonds is 6. The van der Waals surface area contributed by atoms with E-state index < -0.39 is 10.0 Å². The van der Waals surface area contributed by atoms with Gasteiger partial charge in [0.15, 0.2) is 0 Å². The normalized spacial score (nSPS) is 12.3. The quantitative estimate of drug-likeness (QED) is 0.593. The molecule has 0 aromatic heterocycles. The molecule has 1 atom stereocenters. The molecule has 0 aliphatic carbocycles. The fraction of sp³-hybridized carbons (Fsp3) is 0.208. The number of hydrogen-bond donors (Lipinski definition) is 2. The third-order valence-electron chi connectivity index (χ3n) is 4.95. The van der Waals surface area contributed by atoms with Gasteiger partial charge in [-0.3, -0.25) is 9.52 Å². The zero-order valence-corrected chi connectivity index (χ0v) is 18.4. The maximum absolute atomic E-state index is 12.8. The Morgan fingerprint density at radius 3 is 2.20 bits per heavy atom. The van der Waals surface area contributed by atoms with Crippen molar-refractivity contribution in [3.05, 3.63) is 94.5 Å². The molecule has 6 heteroatoms.